The highest BCUT2D eigenvalue weighted by Crippen LogP contribution is 2.28. The van der Waals surface area contributed by atoms with Crippen LogP contribution in [0.4, 0.5) is 5.69 Å². The van der Waals surface area contributed by atoms with Crippen LogP contribution in [-0.4, -0.2) is 43.1 Å². The Morgan fingerprint density at radius 3 is 2.55 bits per heavy atom. The lowest BCUT2D eigenvalue weighted by Gasteiger charge is -2.28. The number of nitrogens with zero attached hydrogens (tertiary/aromatic N) is 1. The fourth-order valence-electron chi connectivity index (χ4n) is 4.04. The van der Waals surface area contributed by atoms with Crippen LogP contribution in [0.1, 0.15) is 56.6 Å². The molecule has 0 aromatic heterocycles. The van der Waals surface area contributed by atoms with Crippen LogP contribution in [-0.2, 0) is 20.9 Å². The first kappa shape index (κ1) is 22.9. The van der Waals surface area contributed by atoms with Crippen LogP contribution in [0, 0.1) is 18.8 Å². The molecule has 0 heterocycles. The summed E-state index contributed by atoms with van der Waals surface area (Å²) >= 11 is 0. The summed E-state index contributed by atoms with van der Waals surface area (Å²) in [7, 11) is 1.54. The Bertz CT molecular complexity index is 684. The minimum Gasteiger partial charge on any atom is -0.385 e. The molecule has 0 aliphatic heterocycles. The SMILES string of the molecule is CNC(=O)C(CCC=O)N(C=O)Cc1ccc(NC[C@H]2CC[C@H](C)CC2)cc1C. The van der Waals surface area contributed by atoms with Crippen molar-refractivity contribution in [2.24, 2.45) is 11.8 Å². The van der Waals surface area contributed by atoms with E-state index in [1.165, 1.54) is 37.6 Å². The lowest BCUT2D eigenvalue weighted by atomic mass is 9.83. The number of aldehydes is 1. The molecule has 6 heteroatoms. The summed E-state index contributed by atoms with van der Waals surface area (Å²) in [5.74, 6) is 1.35. The number of likely N-dealkylation sites (N-methyl/N-ethyl adjacent to an activating group) is 1. The van der Waals surface area contributed by atoms with Gasteiger partial charge in [0.1, 0.15) is 12.3 Å². The number of amides is 2. The predicted molar refractivity (Wildman–Crippen MR) is 116 cm³/mol. The zero-order valence-electron chi connectivity index (χ0n) is 17.9. The van der Waals surface area contributed by atoms with E-state index in [1.54, 1.807) is 0 Å². The van der Waals surface area contributed by atoms with Gasteiger partial charge < -0.3 is 20.3 Å². The number of hydrogen-bond donors (Lipinski definition) is 2. The molecule has 1 aliphatic rings. The Hall–Kier alpha value is -2.37. The monoisotopic (exact) mass is 401 g/mol. The number of anilines is 1. The van der Waals surface area contributed by atoms with E-state index in [4.69, 9.17) is 0 Å². The maximum absolute atomic E-state index is 12.2. The molecule has 1 aromatic carbocycles. The van der Waals surface area contributed by atoms with Gasteiger partial charge in [0.2, 0.25) is 12.3 Å². The van der Waals surface area contributed by atoms with Gasteiger partial charge >= 0.3 is 0 Å². The summed E-state index contributed by atoms with van der Waals surface area (Å²) in [6, 6.07) is 5.51. The van der Waals surface area contributed by atoms with E-state index in [1.807, 2.05) is 19.1 Å². The average molecular weight is 402 g/mol. The Labute approximate surface area is 174 Å². The molecule has 1 saturated carbocycles. The van der Waals surface area contributed by atoms with Crippen molar-refractivity contribution in [2.75, 3.05) is 18.9 Å². The number of nitrogens with one attached hydrogen (secondary N) is 2. The van der Waals surface area contributed by atoms with Crippen molar-refractivity contribution in [3.8, 4) is 0 Å². The first-order chi connectivity index (χ1) is 14.0. The second kappa shape index (κ2) is 11.6. The smallest absolute Gasteiger partial charge is 0.242 e. The minimum absolute atomic E-state index is 0.240. The Balaban J connectivity index is 1.99. The van der Waals surface area contributed by atoms with E-state index in [0.717, 1.165) is 41.5 Å². The minimum atomic E-state index is -0.645. The van der Waals surface area contributed by atoms with Gasteiger partial charge in [-0.2, -0.15) is 0 Å². The zero-order valence-corrected chi connectivity index (χ0v) is 17.9. The van der Waals surface area contributed by atoms with Gasteiger partial charge in [0, 0.05) is 32.2 Å². The van der Waals surface area contributed by atoms with Crippen molar-refractivity contribution in [3.05, 3.63) is 29.3 Å². The van der Waals surface area contributed by atoms with E-state index >= 15 is 0 Å². The van der Waals surface area contributed by atoms with E-state index in [-0.39, 0.29) is 12.3 Å². The highest BCUT2D eigenvalue weighted by molar-refractivity contribution is 5.83. The second-order valence-corrected chi connectivity index (χ2v) is 8.30. The fraction of sp³-hybridized carbons (Fsp3) is 0.609. The molecular weight excluding hydrogens is 366 g/mol. The third-order valence-corrected chi connectivity index (χ3v) is 6.07. The lowest BCUT2D eigenvalue weighted by Crippen LogP contribution is -2.45. The first-order valence-electron chi connectivity index (χ1n) is 10.7. The summed E-state index contributed by atoms with van der Waals surface area (Å²) in [6.45, 7) is 5.69. The molecular formula is C23H35N3O3. The number of carbonyl (C=O) groups excluding carboxylic acids is 3. The number of benzene rings is 1. The maximum atomic E-state index is 12.2. The van der Waals surface area contributed by atoms with Gasteiger partial charge in [-0.3, -0.25) is 9.59 Å². The summed E-state index contributed by atoms with van der Waals surface area (Å²) < 4.78 is 0. The van der Waals surface area contributed by atoms with Crippen molar-refractivity contribution in [1.82, 2.24) is 10.2 Å². The third-order valence-electron chi connectivity index (χ3n) is 6.07. The van der Waals surface area contributed by atoms with Crippen LogP contribution >= 0.6 is 0 Å². The number of aryl methyl sites for hydroxylation is 1. The second-order valence-electron chi connectivity index (χ2n) is 8.30. The Morgan fingerprint density at radius 2 is 1.97 bits per heavy atom. The van der Waals surface area contributed by atoms with E-state index < -0.39 is 6.04 Å². The van der Waals surface area contributed by atoms with E-state index in [9.17, 15) is 14.4 Å². The maximum Gasteiger partial charge on any atom is 0.242 e. The van der Waals surface area contributed by atoms with Crippen LogP contribution in [0.3, 0.4) is 0 Å². The molecule has 0 spiro atoms. The van der Waals surface area contributed by atoms with Gasteiger partial charge in [0.05, 0.1) is 0 Å². The molecule has 1 unspecified atom stereocenters. The molecule has 2 N–H and O–H groups in total. The molecule has 2 rings (SSSR count). The van der Waals surface area contributed by atoms with Crippen LogP contribution in [0.15, 0.2) is 18.2 Å². The average Bonchev–Trinajstić information content (AvgIpc) is 2.73. The van der Waals surface area contributed by atoms with Crippen LogP contribution in [0.2, 0.25) is 0 Å². The number of carbonyl (C=O) groups is 3. The summed E-state index contributed by atoms with van der Waals surface area (Å²) in [6.07, 6.45) is 7.26. The first-order valence-corrected chi connectivity index (χ1v) is 10.7. The molecule has 29 heavy (non-hydrogen) atoms. The van der Waals surface area contributed by atoms with Crippen LogP contribution in [0.25, 0.3) is 0 Å². The molecule has 2 amide bonds. The van der Waals surface area contributed by atoms with E-state index in [0.29, 0.717) is 19.4 Å². The summed E-state index contributed by atoms with van der Waals surface area (Å²) in [5, 5.41) is 6.14. The van der Waals surface area contributed by atoms with Crippen molar-refractivity contribution in [2.45, 2.75) is 65.0 Å². The highest BCUT2D eigenvalue weighted by Gasteiger charge is 2.24. The molecule has 1 atom stereocenters. The third kappa shape index (κ3) is 6.87. The largest absolute Gasteiger partial charge is 0.385 e. The molecule has 1 aliphatic carbocycles. The van der Waals surface area contributed by atoms with E-state index in [2.05, 4.69) is 23.6 Å². The van der Waals surface area contributed by atoms with Gasteiger partial charge in [-0.15, -0.1) is 0 Å². The van der Waals surface area contributed by atoms with Crippen molar-refractivity contribution in [3.63, 3.8) is 0 Å². The van der Waals surface area contributed by atoms with Crippen molar-refractivity contribution in [1.29, 1.82) is 0 Å². The summed E-state index contributed by atoms with van der Waals surface area (Å²) in [4.78, 5) is 36.0. The van der Waals surface area contributed by atoms with Gasteiger partial charge in [-0.1, -0.05) is 25.8 Å². The van der Waals surface area contributed by atoms with Crippen molar-refractivity contribution >= 4 is 24.3 Å². The molecule has 0 bridgehead atoms. The molecule has 0 radical (unpaired) electrons. The zero-order chi connectivity index (χ0) is 21.2. The van der Waals surface area contributed by atoms with Crippen LogP contribution < -0.4 is 10.6 Å². The van der Waals surface area contributed by atoms with Gasteiger partial charge in [-0.05, 0) is 61.3 Å². The van der Waals surface area contributed by atoms with Gasteiger partial charge in [0.25, 0.3) is 0 Å². The van der Waals surface area contributed by atoms with Crippen molar-refractivity contribution < 1.29 is 14.4 Å². The topological polar surface area (TPSA) is 78.5 Å². The summed E-state index contributed by atoms with van der Waals surface area (Å²) in [5.41, 5.74) is 3.16. The standard InChI is InChI=1S/C23H35N3O3/c1-17-6-8-19(9-7-17)14-25-21-11-10-20(18(2)13-21)15-26(16-28)22(5-4-12-27)23(29)24-3/h10-13,16-17,19,22,25H,4-9,14-15H2,1-3H3,(H,24,29)/t17-,19-,22?. The Morgan fingerprint density at radius 1 is 1.24 bits per heavy atom. The molecule has 1 aromatic rings. The van der Waals surface area contributed by atoms with Gasteiger partial charge in [-0.25, -0.2) is 0 Å². The lowest BCUT2D eigenvalue weighted by molar-refractivity contribution is -0.133. The number of rotatable bonds is 11. The van der Waals surface area contributed by atoms with Crippen LogP contribution in [0.5, 0.6) is 0 Å². The normalized spacial score (nSPS) is 19.8. The fourth-order valence-corrected chi connectivity index (χ4v) is 4.04. The highest BCUT2D eigenvalue weighted by atomic mass is 16.2. The predicted octanol–water partition coefficient (Wildman–Crippen LogP) is 3.29. The quantitative estimate of drug-likeness (QED) is 0.558. The number of hydrogen-bond acceptors (Lipinski definition) is 4. The molecule has 6 nitrogen and oxygen atoms in total. The van der Waals surface area contributed by atoms with Gasteiger partial charge in [0.15, 0.2) is 0 Å². The molecule has 160 valence electrons. The molecule has 0 saturated heterocycles. The Kier molecular flexibility index (Phi) is 9.16. The molecule has 1 fully saturated rings.